The third-order valence-electron chi connectivity index (χ3n) is 10.1. The molecule has 1 aromatic carbocycles. The Labute approximate surface area is 355 Å². The number of aryl methyl sites for hydroxylation is 1. The Balaban J connectivity index is 0.00000280. The second kappa shape index (κ2) is 20.4. The van der Waals surface area contributed by atoms with Crippen LogP contribution in [0.2, 0.25) is 0 Å². The number of hydrazine groups is 1. The van der Waals surface area contributed by atoms with E-state index in [2.05, 4.69) is 74.2 Å². The maximum absolute atomic E-state index is 14.0. The zero-order chi connectivity index (χ0) is 37.9. The number of carbonyl (C=O) groups is 3. The number of nitrogens with one attached hydrogen (secondary N) is 2. The summed E-state index contributed by atoms with van der Waals surface area (Å²) in [6.45, 7) is 14.0. The number of pyridine rings is 1. The molecule has 3 atom stereocenters. The highest BCUT2D eigenvalue weighted by atomic mass is 32.1. The van der Waals surface area contributed by atoms with E-state index in [0.717, 1.165) is 51.2 Å². The monoisotopic (exact) mass is 846 g/mol. The predicted molar refractivity (Wildman–Crippen MR) is 236 cm³/mol. The van der Waals surface area contributed by atoms with Gasteiger partial charge in [0.25, 0.3) is 5.91 Å². The number of amides is 2. The molecule has 12 nitrogen and oxygen atoms in total. The van der Waals surface area contributed by atoms with Crippen molar-refractivity contribution in [1.82, 2.24) is 30.3 Å². The molecule has 6 bridgehead atoms. The zero-order valence-corrected chi connectivity index (χ0v) is 37.2. The number of nitrogens with zero attached hydrogens (tertiary/aromatic N) is 4. The summed E-state index contributed by atoms with van der Waals surface area (Å²) in [7, 11) is 1.69. The average molecular weight is 847 g/mol. The standard InChI is InChI=1S/C40H52N6O6S.3H2S/c1-8-45-33-14-13-26-19-28(33)29(36(45)27-11-9-16-41-35(27)25(4)50-7)21-40(5,6)23-52-38(48)30-12-10-17-46(44-30)37(47)31(20-34-42-32(26)22-53-34)43-39(49)51-18-15-24(2)3;;;/h9,11,13-14,16,19,22,24-25,30-31,44H,8,10,12,15,17-18,20-21,23H2,1-7H3,(H,43,49);3*1H2/t25-,30-,31-;;;/m0.../s1. The first-order valence-corrected chi connectivity index (χ1v) is 19.5. The lowest BCUT2D eigenvalue weighted by molar-refractivity contribution is -0.155. The third-order valence-corrected chi connectivity index (χ3v) is 10.9. The highest BCUT2D eigenvalue weighted by Crippen LogP contribution is 2.42. The minimum absolute atomic E-state index is 0. The number of methoxy groups -OCH3 is 1. The lowest BCUT2D eigenvalue weighted by Gasteiger charge is -2.35. The first-order chi connectivity index (χ1) is 25.4. The van der Waals surface area contributed by atoms with Crippen molar-refractivity contribution < 1.29 is 28.6 Å². The number of carbonyl (C=O) groups excluding carboxylic acids is 3. The van der Waals surface area contributed by atoms with Gasteiger partial charge in [0.1, 0.15) is 12.1 Å². The molecule has 0 saturated carbocycles. The molecule has 4 aromatic rings. The average Bonchev–Trinajstić information content (AvgIpc) is 3.74. The summed E-state index contributed by atoms with van der Waals surface area (Å²) in [6.07, 6.45) is 3.51. The van der Waals surface area contributed by atoms with Crippen molar-refractivity contribution in [2.45, 2.75) is 98.4 Å². The molecule has 1 fully saturated rings. The molecule has 308 valence electrons. The molecule has 56 heavy (non-hydrogen) atoms. The second-order valence-electron chi connectivity index (χ2n) is 15.2. The van der Waals surface area contributed by atoms with Crippen LogP contribution in [-0.4, -0.2) is 76.5 Å². The molecule has 2 aliphatic rings. The van der Waals surface area contributed by atoms with E-state index >= 15 is 0 Å². The summed E-state index contributed by atoms with van der Waals surface area (Å²) in [5, 5.41) is 8.00. The van der Waals surface area contributed by atoms with Crippen LogP contribution in [-0.2, 0) is 43.2 Å². The minimum Gasteiger partial charge on any atom is -0.464 e. The summed E-state index contributed by atoms with van der Waals surface area (Å²) in [5.41, 5.74) is 9.50. The molecule has 16 heteroatoms. The van der Waals surface area contributed by atoms with Gasteiger partial charge >= 0.3 is 12.1 Å². The highest BCUT2D eigenvalue weighted by Gasteiger charge is 2.36. The van der Waals surface area contributed by atoms with Crippen LogP contribution in [0.5, 0.6) is 0 Å². The number of rotatable bonds is 8. The Morgan fingerprint density at radius 3 is 2.64 bits per heavy atom. The molecule has 3 aromatic heterocycles. The van der Waals surface area contributed by atoms with Crippen LogP contribution in [0.15, 0.2) is 41.9 Å². The van der Waals surface area contributed by atoms with Crippen molar-refractivity contribution in [3.63, 3.8) is 0 Å². The molecule has 1 saturated heterocycles. The Morgan fingerprint density at radius 2 is 1.93 bits per heavy atom. The number of esters is 1. The molecular formula is C40H58N6O6S4. The van der Waals surface area contributed by atoms with Crippen LogP contribution < -0.4 is 10.7 Å². The van der Waals surface area contributed by atoms with Crippen molar-refractivity contribution in [1.29, 1.82) is 0 Å². The number of hydrogen-bond acceptors (Lipinski definition) is 10. The van der Waals surface area contributed by atoms with E-state index < -0.39 is 29.6 Å². The van der Waals surface area contributed by atoms with E-state index in [4.69, 9.17) is 24.2 Å². The van der Waals surface area contributed by atoms with Crippen LogP contribution in [0.4, 0.5) is 4.79 Å². The van der Waals surface area contributed by atoms with E-state index in [1.807, 2.05) is 18.4 Å². The molecule has 2 amide bonds. The molecule has 2 N–H and O–H groups in total. The quantitative estimate of drug-likeness (QED) is 0.177. The summed E-state index contributed by atoms with van der Waals surface area (Å²) < 4.78 is 19.6. The normalized spacial score (nSPS) is 18.8. The molecule has 6 rings (SSSR count). The summed E-state index contributed by atoms with van der Waals surface area (Å²) in [6, 6.07) is 8.81. The molecule has 0 radical (unpaired) electrons. The first kappa shape index (κ1) is 47.1. The number of benzene rings is 1. The fraction of sp³-hybridized carbons (Fsp3) is 0.525. The lowest BCUT2D eigenvalue weighted by atomic mass is 9.84. The van der Waals surface area contributed by atoms with Crippen LogP contribution in [0, 0.1) is 11.3 Å². The van der Waals surface area contributed by atoms with Crippen LogP contribution in [0.25, 0.3) is 33.4 Å². The van der Waals surface area contributed by atoms with E-state index in [9.17, 15) is 14.4 Å². The van der Waals surface area contributed by atoms with Crippen LogP contribution >= 0.6 is 51.8 Å². The highest BCUT2D eigenvalue weighted by molar-refractivity contribution is 7.59. The molecular weight excluding hydrogens is 789 g/mol. The Kier molecular flexibility index (Phi) is 17.2. The van der Waals surface area contributed by atoms with Crippen molar-refractivity contribution in [3.8, 4) is 22.5 Å². The van der Waals surface area contributed by atoms with Crippen molar-refractivity contribution in [2.75, 3.05) is 26.9 Å². The topological polar surface area (TPSA) is 137 Å². The van der Waals surface area contributed by atoms with Crippen LogP contribution in [0.3, 0.4) is 0 Å². The number of cyclic esters (lactones) is 1. The lowest BCUT2D eigenvalue weighted by Crippen LogP contribution is -2.60. The Hall–Kier alpha value is -3.28. The Bertz CT molecular complexity index is 1970. The van der Waals surface area contributed by atoms with Gasteiger partial charge < -0.3 is 24.1 Å². The maximum atomic E-state index is 14.0. The van der Waals surface area contributed by atoms with Gasteiger partial charge in [-0.15, -0.1) is 11.3 Å². The van der Waals surface area contributed by atoms with Gasteiger partial charge in [0.05, 0.1) is 41.4 Å². The Morgan fingerprint density at radius 1 is 1.16 bits per heavy atom. The van der Waals surface area contributed by atoms with E-state index in [-0.39, 0.29) is 72.1 Å². The number of aromatic nitrogens is 3. The number of ether oxygens (including phenoxy) is 3. The number of alkyl carbamates (subject to hydrolysis) is 1. The van der Waals surface area contributed by atoms with Gasteiger partial charge in [-0.3, -0.25) is 19.6 Å². The summed E-state index contributed by atoms with van der Waals surface area (Å²) >= 11 is 1.44. The van der Waals surface area contributed by atoms with E-state index in [1.165, 1.54) is 16.3 Å². The molecule has 0 unspecified atom stereocenters. The smallest absolute Gasteiger partial charge is 0.407 e. The van der Waals surface area contributed by atoms with Gasteiger partial charge in [0.15, 0.2) is 0 Å². The van der Waals surface area contributed by atoms with Gasteiger partial charge in [-0.05, 0) is 75.3 Å². The molecule has 0 aliphatic carbocycles. The van der Waals surface area contributed by atoms with Crippen LogP contribution in [0.1, 0.15) is 83.2 Å². The van der Waals surface area contributed by atoms with E-state index in [1.54, 1.807) is 13.3 Å². The number of hydrogen-bond donors (Lipinski definition) is 2. The van der Waals surface area contributed by atoms with Gasteiger partial charge in [0.2, 0.25) is 0 Å². The van der Waals surface area contributed by atoms with Gasteiger partial charge in [-0.2, -0.15) is 40.5 Å². The summed E-state index contributed by atoms with van der Waals surface area (Å²) in [5.74, 6) is -0.414. The largest absolute Gasteiger partial charge is 0.464 e. The predicted octanol–water partition coefficient (Wildman–Crippen LogP) is 7.20. The maximum Gasteiger partial charge on any atom is 0.407 e. The second-order valence-corrected chi connectivity index (χ2v) is 16.2. The summed E-state index contributed by atoms with van der Waals surface area (Å²) in [4.78, 5) is 50.3. The zero-order valence-electron chi connectivity index (χ0n) is 33.4. The minimum atomic E-state index is -0.959. The van der Waals surface area contributed by atoms with Crippen molar-refractivity contribution in [3.05, 3.63) is 58.2 Å². The SMILES string of the molecule is CCn1c(-c2cccnc2[C@H](C)OC)c2c3cc(ccc31)-c1csc(n1)C[C@H](NC(=O)OCCC(C)C)C(=O)N1CCC[C@H](N1)C(=O)OCC(C)(C)C2.S.S.S. The van der Waals surface area contributed by atoms with Gasteiger partial charge in [0, 0.05) is 65.6 Å². The molecule has 2 aliphatic heterocycles. The number of thiazole rings is 1. The van der Waals surface area contributed by atoms with Gasteiger partial charge in [-0.1, -0.05) is 33.8 Å². The fourth-order valence-electron chi connectivity index (χ4n) is 7.14. The van der Waals surface area contributed by atoms with E-state index in [0.29, 0.717) is 43.2 Å². The fourth-order valence-corrected chi connectivity index (χ4v) is 7.99. The first-order valence-electron chi connectivity index (χ1n) is 18.6. The number of fused-ring (bicyclic) bond motifs is 6. The molecule has 0 spiro atoms. The molecule has 5 heterocycles. The third kappa shape index (κ3) is 10.6. The van der Waals surface area contributed by atoms with Gasteiger partial charge in [-0.25, -0.2) is 15.2 Å². The van der Waals surface area contributed by atoms with Crippen molar-refractivity contribution in [2.24, 2.45) is 11.3 Å². The van der Waals surface area contributed by atoms with Crippen molar-refractivity contribution >= 4 is 80.7 Å².